The molecule has 0 saturated carbocycles. The van der Waals surface area contributed by atoms with Crippen LogP contribution in [0.5, 0.6) is 0 Å². The van der Waals surface area contributed by atoms with Crippen LogP contribution in [0.4, 0.5) is 0 Å². The molecule has 0 fully saturated rings. The number of nitrogens with zero attached hydrogens (tertiary/aromatic N) is 4. The molecule has 1 aromatic carbocycles. The highest BCUT2D eigenvalue weighted by molar-refractivity contribution is 5.98. The van der Waals surface area contributed by atoms with Gasteiger partial charge in [0.25, 0.3) is 5.91 Å². The molecule has 0 radical (unpaired) electrons. The summed E-state index contributed by atoms with van der Waals surface area (Å²) in [4.78, 5) is 33.3. The molecule has 4 aromatic heterocycles. The van der Waals surface area contributed by atoms with Crippen molar-refractivity contribution in [1.82, 2.24) is 19.8 Å². The van der Waals surface area contributed by atoms with E-state index in [0.29, 0.717) is 33.5 Å². The highest BCUT2D eigenvalue weighted by Crippen LogP contribution is 2.18. The maximum atomic E-state index is 12.6. The molecule has 146 valence electrons. The minimum absolute atomic E-state index is 0.368. The van der Waals surface area contributed by atoms with E-state index < -0.39 is 11.5 Å². The van der Waals surface area contributed by atoms with Crippen molar-refractivity contribution in [1.29, 1.82) is 0 Å². The van der Waals surface area contributed by atoms with E-state index >= 15 is 0 Å². The molecule has 0 spiro atoms. The second-order valence-corrected chi connectivity index (χ2v) is 6.76. The average molecular weight is 397 g/mol. The lowest BCUT2D eigenvalue weighted by molar-refractivity contribution is 0.0955. The number of amides is 1. The summed E-state index contributed by atoms with van der Waals surface area (Å²) in [6, 6.07) is 15.8. The molecular weight excluding hydrogens is 382 g/mol. The zero-order chi connectivity index (χ0) is 20.7. The molecular formula is C22H15N5O3. The van der Waals surface area contributed by atoms with E-state index in [0.717, 1.165) is 11.1 Å². The van der Waals surface area contributed by atoms with Gasteiger partial charge in [0.1, 0.15) is 0 Å². The highest BCUT2D eigenvalue weighted by Gasteiger charge is 2.12. The van der Waals surface area contributed by atoms with Gasteiger partial charge in [-0.2, -0.15) is 5.10 Å². The number of carbonyl (C=O) groups excluding carboxylic acids is 1. The van der Waals surface area contributed by atoms with Crippen LogP contribution in [-0.4, -0.2) is 26.5 Å². The summed E-state index contributed by atoms with van der Waals surface area (Å²) in [5.74, 6) is -0.404. The number of fused-ring (bicyclic) bond motifs is 4. The number of benzene rings is 1. The summed E-state index contributed by atoms with van der Waals surface area (Å²) in [5.41, 5.74) is 5.51. The van der Waals surface area contributed by atoms with Crippen molar-refractivity contribution in [2.45, 2.75) is 6.92 Å². The van der Waals surface area contributed by atoms with Gasteiger partial charge in [0.2, 0.25) is 5.71 Å². The lowest BCUT2D eigenvalue weighted by Crippen LogP contribution is -2.18. The fourth-order valence-corrected chi connectivity index (χ4v) is 3.34. The van der Waals surface area contributed by atoms with Crippen LogP contribution in [0.15, 0.2) is 75.1 Å². The first kappa shape index (κ1) is 17.7. The van der Waals surface area contributed by atoms with E-state index in [1.165, 1.54) is 6.21 Å². The number of aryl methyl sites for hydroxylation is 1. The maximum Gasteiger partial charge on any atom is 0.346 e. The van der Waals surface area contributed by atoms with E-state index in [4.69, 9.17) is 4.42 Å². The van der Waals surface area contributed by atoms with Gasteiger partial charge in [-0.3, -0.25) is 9.20 Å². The Kier molecular flexibility index (Phi) is 4.10. The van der Waals surface area contributed by atoms with Crippen molar-refractivity contribution < 1.29 is 9.21 Å². The number of hydrazone groups is 1. The van der Waals surface area contributed by atoms with E-state index in [1.807, 2.05) is 31.2 Å². The Balaban J connectivity index is 1.44. The highest BCUT2D eigenvalue weighted by atomic mass is 16.4. The Hall–Kier alpha value is -4.33. The third kappa shape index (κ3) is 3.00. The molecule has 0 unspecified atom stereocenters. The number of hydrogen-bond donors (Lipinski definition) is 1. The standard InChI is InChI=1S/C22H15N5O3/c1-13-4-9-19-27(13)18-11-15(6-8-17(18)22(29)30-19)21(28)26-24-12-16-7-5-14-3-2-10-23-20(14)25-16/h2-12H,1H3,(H,26,28)/b24-12+. The van der Waals surface area contributed by atoms with Gasteiger partial charge in [0.15, 0.2) is 5.65 Å². The van der Waals surface area contributed by atoms with Crippen molar-refractivity contribution in [2.75, 3.05) is 0 Å². The molecule has 0 aliphatic rings. The Morgan fingerprint density at radius 3 is 2.97 bits per heavy atom. The quantitative estimate of drug-likeness (QED) is 0.372. The second-order valence-electron chi connectivity index (χ2n) is 6.76. The summed E-state index contributed by atoms with van der Waals surface area (Å²) in [6.07, 6.45) is 3.12. The van der Waals surface area contributed by atoms with Gasteiger partial charge >= 0.3 is 5.63 Å². The smallest absolute Gasteiger partial charge is 0.346 e. The number of nitrogens with one attached hydrogen (secondary N) is 1. The van der Waals surface area contributed by atoms with Crippen molar-refractivity contribution in [3.63, 3.8) is 0 Å². The minimum atomic E-state index is -0.448. The van der Waals surface area contributed by atoms with Crippen LogP contribution < -0.4 is 11.1 Å². The third-order valence-electron chi connectivity index (χ3n) is 4.81. The van der Waals surface area contributed by atoms with Crippen LogP contribution >= 0.6 is 0 Å². The summed E-state index contributed by atoms with van der Waals surface area (Å²) >= 11 is 0. The van der Waals surface area contributed by atoms with E-state index in [9.17, 15) is 9.59 Å². The first-order valence-corrected chi connectivity index (χ1v) is 9.20. The van der Waals surface area contributed by atoms with Gasteiger partial charge in [0, 0.05) is 28.9 Å². The summed E-state index contributed by atoms with van der Waals surface area (Å²) in [7, 11) is 0. The third-order valence-corrected chi connectivity index (χ3v) is 4.81. The van der Waals surface area contributed by atoms with Crippen molar-refractivity contribution in [2.24, 2.45) is 5.10 Å². The number of rotatable bonds is 3. The van der Waals surface area contributed by atoms with Crippen LogP contribution in [-0.2, 0) is 0 Å². The Bertz CT molecular complexity index is 1530. The first-order chi connectivity index (χ1) is 14.6. The number of hydrogen-bond acceptors (Lipinski definition) is 6. The summed E-state index contributed by atoms with van der Waals surface area (Å²) in [6.45, 7) is 1.90. The maximum absolute atomic E-state index is 12.6. The van der Waals surface area contributed by atoms with Crippen LogP contribution in [0.1, 0.15) is 21.7 Å². The fourth-order valence-electron chi connectivity index (χ4n) is 3.34. The van der Waals surface area contributed by atoms with Crippen molar-refractivity contribution >= 4 is 39.8 Å². The van der Waals surface area contributed by atoms with E-state index in [-0.39, 0.29) is 0 Å². The molecule has 5 aromatic rings. The van der Waals surface area contributed by atoms with Crippen LogP contribution in [0.3, 0.4) is 0 Å². The van der Waals surface area contributed by atoms with Crippen molar-refractivity contribution in [3.05, 3.63) is 88.2 Å². The topological polar surface area (TPSA) is 102 Å². The van der Waals surface area contributed by atoms with Gasteiger partial charge in [-0.25, -0.2) is 20.2 Å². The molecule has 0 saturated heterocycles. The van der Waals surface area contributed by atoms with Gasteiger partial charge in [-0.05, 0) is 55.5 Å². The van der Waals surface area contributed by atoms with Crippen LogP contribution in [0.25, 0.3) is 27.6 Å². The largest absolute Gasteiger partial charge is 0.405 e. The molecule has 0 aliphatic heterocycles. The van der Waals surface area contributed by atoms with Gasteiger partial charge in [-0.1, -0.05) is 0 Å². The average Bonchev–Trinajstić information content (AvgIpc) is 3.13. The summed E-state index contributed by atoms with van der Waals surface area (Å²) < 4.78 is 7.11. The van der Waals surface area contributed by atoms with Gasteiger partial charge in [-0.15, -0.1) is 0 Å². The van der Waals surface area contributed by atoms with Crippen molar-refractivity contribution in [3.8, 4) is 0 Å². The molecule has 0 bridgehead atoms. The van der Waals surface area contributed by atoms with Gasteiger partial charge in [0.05, 0.1) is 22.8 Å². The number of pyridine rings is 2. The van der Waals surface area contributed by atoms with Gasteiger partial charge < -0.3 is 4.42 Å². The normalized spacial score (nSPS) is 11.6. The predicted molar refractivity (Wildman–Crippen MR) is 113 cm³/mol. The van der Waals surface area contributed by atoms with E-state index in [1.54, 1.807) is 40.9 Å². The van der Waals surface area contributed by atoms with E-state index in [2.05, 4.69) is 20.5 Å². The molecule has 30 heavy (non-hydrogen) atoms. The van der Waals surface area contributed by atoms with Crippen LogP contribution in [0, 0.1) is 6.92 Å². The molecule has 1 N–H and O–H groups in total. The Labute approximate surface area is 169 Å². The molecule has 0 aliphatic carbocycles. The lowest BCUT2D eigenvalue weighted by Gasteiger charge is -2.06. The fraction of sp³-hybridized carbons (Fsp3) is 0.0455. The first-order valence-electron chi connectivity index (χ1n) is 9.20. The Morgan fingerprint density at radius 1 is 1.17 bits per heavy atom. The molecule has 1 amide bonds. The Morgan fingerprint density at radius 2 is 2.07 bits per heavy atom. The monoisotopic (exact) mass is 397 g/mol. The predicted octanol–water partition coefficient (Wildman–Crippen LogP) is 3.06. The molecule has 4 heterocycles. The molecule has 5 rings (SSSR count). The minimum Gasteiger partial charge on any atom is -0.405 e. The molecule has 8 nitrogen and oxygen atoms in total. The second kappa shape index (κ2) is 6.93. The summed E-state index contributed by atoms with van der Waals surface area (Å²) in [5, 5.41) is 5.31. The lowest BCUT2D eigenvalue weighted by atomic mass is 10.1. The zero-order valence-electron chi connectivity index (χ0n) is 15.9. The number of carbonyl (C=O) groups is 1. The SMILES string of the molecule is Cc1ccc2oc(=O)c3ccc(C(=O)N/N=C/c4ccc5cccnc5n4)cc3n12. The van der Waals surface area contributed by atoms with Crippen LogP contribution in [0.2, 0.25) is 0 Å². The molecule has 0 atom stereocenters. The zero-order valence-corrected chi connectivity index (χ0v) is 15.9. The molecule has 8 heteroatoms. The number of aromatic nitrogens is 3.